The fourth-order valence-electron chi connectivity index (χ4n) is 15.3. The number of hydrogen-bond acceptors (Lipinski definition) is 4. The third-order valence-corrected chi connectivity index (χ3v) is 21.2. The minimum atomic E-state index is 0.720. The van der Waals surface area contributed by atoms with E-state index in [4.69, 9.17) is 19.9 Å². The summed E-state index contributed by atoms with van der Waals surface area (Å²) in [6, 6.07) is 77.3. The van der Waals surface area contributed by atoms with Crippen molar-refractivity contribution in [3.8, 4) is 90.1 Å². The summed E-state index contributed by atoms with van der Waals surface area (Å²) in [6.07, 6.45) is 34.2. The average molecular weight is 1320 g/mol. The van der Waals surface area contributed by atoms with Crippen molar-refractivity contribution in [3.05, 3.63) is 240 Å². The lowest BCUT2D eigenvalue weighted by molar-refractivity contribution is 0.605. The molecule has 4 heteroatoms. The third-order valence-electron chi connectivity index (χ3n) is 21.2. The van der Waals surface area contributed by atoms with Crippen LogP contribution < -0.4 is 0 Å². The maximum Gasteiger partial charge on any atom is 0.160 e. The molecule has 0 atom stereocenters. The van der Waals surface area contributed by atoms with Gasteiger partial charge in [0.15, 0.2) is 11.6 Å². The lowest BCUT2D eigenvalue weighted by atomic mass is 9.87. The highest BCUT2D eigenvalue weighted by Gasteiger charge is 2.22. The number of aryl methyl sites for hydroxylation is 6. The standard InChI is InChI=1S/C96H108N4/c1-7-11-15-19-23-28-41-75-63-88(77(61-70(75)6)42-29-24-20-16-12-8-2)93-68-94(100-96(99-93)81-59-60-86-84-49-35-34-47-82(84)83-48-36-37-50-85(83)90(86)66-81)89-65-78(43-30-25-21-17-13-9-3)87(64-79(89)44-31-26-22-18-14-10-4)72-55-57-73(58-56-72)91-67-92(98-95(97-91)74-39-32-27-33-40-74)80-46-38-45-76(62-80)71-53-51-69(5)52-54-71/h27,32-40,45-68H,7-26,28-31,41-44H2,1-6H3. The molecule has 2 aromatic heterocycles. The minimum absolute atomic E-state index is 0.720. The SMILES string of the molecule is CCCCCCCCc1cc(-c2cc(-c3cc(CCCCCCCC)c(-c4ccc(-c5cc(-c6cccc(-c7ccc(C)cc7)c6)nc(-c6ccccc6)n5)cc4)cc3CCCCCCCC)nc(-c3ccc4c5ccccc5c5ccccc5c4c3)n2)c(CCCCCCCC)cc1C. The van der Waals surface area contributed by atoms with E-state index in [0.29, 0.717) is 0 Å². The topological polar surface area (TPSA) is 51.6 Å². The van der Waals surface area contributed by atoms with Gasteiger partial charge in [-0.2, -0.15) is 0 Å². The third kappa shape index (κ3) is 18.0. The van der Waals surface area contributed by atoms with Crippen LogP contribution in [0.5, 0.6) is 0 Å². The number of benzene rings is 10. The number of nitrogens with zero attached hydrogens (tertiary/aromatic N) is 4. The molecule has 2 heterocycles. The van der Waals surface area contributed by atoms with E-state index in [2.05, 4.69) is 248 Å². The summed E-state index contributed by atoms with van der Waals surface area (Å²) in [5.74, 6) is 1.51. The molecule has 0 spiro atoms. The molecule has 0 amide bonds. The fourth-order valence-corrected chi connectivity index (χ4v) is 15.3. The highest BCUT2D eigenvalue weighted by molar-refractivity contribution is 6.25. The van der Waals surface area contributed by atoms with Gasteiger partial charge in [0.2, 0.25) is 0 Å². The Morgan fingerprint density at radius 2 is 0.590 bits per heavy atom. The first-order valence-electron chi connectivity index (χ1n) is 39.0. The summed E-state index contributed by atoms with van der Waals surface area (Å²) in [5, 5.41) is 7.60. The molecule has 12 aromatic rings. The summed E-state index contributed by atoms with van der Waals surface area (Å²) in [6.45, 7) is 13.8. The average Bonchev–Trinajstić information content (AvgIpc) is 0.742. The van der Waals surface area contributed by atoms with Crippen molar-refractivity contribution in [2.45, 2.75) is 221 Å². The van der Waals surface area contributed by atoms with E-state index in [1.54, 1.807) is 0 Å². The van der Waals surface area contributed by atoms with Crippen LogP contribution in [0.15, 0.2) is 206 Å². The van der Waals surface area contributed by atoms with E-state index < -0.39 is 0 Å². The molecule has 4 nitrogen and oxygen atoms in total. The van der Waals surface area contributed by atoms with Crippen LogP contribution in [0.1, 0.15) is 215 Å². The Labute approximate surface area is 599 Å². The van der Waals surface area contributed by atoms with Crippen LogP contribution in [0, 0.1) is 13.8 Å². The normalized spacial score (nSPS) is 11.6. The van der Waals surface area contributed by atoms with Gasteiger partial charge in [-0.15, -0.1) is 0 Å². The maximum atomic E-state index is 5.91. The van der Waals surface area contributed by atoms with Crippen molar-refractivity contribution in [1.29, 1.82) is 0 Å². The van der Waals surface area contributed by atoms with E-state index in [1.807, 2.05) is 0 Å². The first-order valence-corrected chi connectivity index (χ1v) is 39.0. The molecule has 0 radical (unpaired) electrons. The number of fused-ring (bicyclic) bond motifs is 6. The lowest BCUT2D eigenvalue weighted by Crippen LogP contribution is -2.04. The molecule has 0 aliphatic carbocycles. The maximum absolute atomic E-state index is 5.91. The molecular weight excluding hydrogens is 1210 g/mol. The van der Waals surface area contributed by atoms with Crippen molar-refractivity contribution in [3.63, 3.8) is 0 Å². The Balaban J connectivity index is 1.02. The molecule has 0 aliphatic rings. The summed E-state index contributed by atoms with van der Waals surface area (Å²) in [5.41, 5.74) is 23.8. The Morgan fingerprint density at radius 3 is 1.14 bits per heavy atom. The molecule has 12 rings (SSSR count). The van der Waals surface area contributed by atoms with Crippen molar-refractivity contribution < 1.29 is 0 Å². The Bertz CT molecular complexity index is 4580. The van der Waals surface area contributed by atoms with E-state index in [9.17, 15) is 0 Å². The quantitative estimate of drug-likeness (QED) is 0.0290. The van der Waals surface area contributed by atoms with Crippen molar-refractivity contribution in [2.24, 2.45) is 0 Å². The van der Waals surface area contributed by atoms with E-state index in [-0.39, 0.29) is 0 Å². The number of rotatable bonds is 36. The van der Waals surface area contributed by atoms with E-state index in [0.717, 1.165) is 95.2 Å². The molecular formula is C96H108N4. The van der Waals surface area contributed by atoms with Gasteiger partial charge in [-0.3, -0.25) is 0 Å². The van der Waals surface area contributed by atoms with Gasteiger partial charge in [-0.25, -0.2) is 19.9 Å². The fraction of sp³-hybridized carbons (Fsp3) is 0.354. The number of unbranched alkanes of at least 4 members (excludes halogenated alkanes) is 20. The van der Waals surface area contributed by atoms with Crippen LogP contribution in [0.4, 0.5) is 0 Å². The Kier molecular flexibility index (Phi) is 25.5. The Morgan fingerprint density at radius 1 is 0.220 bits per heavy atom. The molecule has 0 bridgehead atoms. The van der Waals surface area contributed by atoms with Gasteiger partial charge < -0.3 is 0 Å². The summed E-state index contributed by atoms with van der Waals surface area (Å²) in [7, 11) is 0. The zero-order chi connectivity index (χ0) is 68.8. The van der Waals surface area contributed by atoms with Gasteiger partial charge in [0, 0.05) is 33.4 Å². The zero-order valence-electron chi connectivity index (χ0n) is 61.2. The molecule has 0 N–H and O–H groups in total. The van der Waals surface area contributed by atoms with Crippen LogP contribution in [-0.2, 0) is 25.7 Å². The van der Waals surface area contributed by atoms with Crippen LogP contribution in [-0.4, -0.2) is 19.9 Å². The van der Waals surface area contributed by atoms with Gasteiger partial charge in [0.05, 0.1) is 22.8 Å². The Hall–Kier alpha value is -8.86. The van der Waals surface area contributed by atoms with E-state index >= 15 is 0 Å². The molecule has 0 unspecified atom stereocenters. The van der Waals surface area contributed by atoms with Crippen LogP contribution in [0.3, 0.4) is 0 Å². The van der Waals surface area contributed by atoms with Crippen molar-refractivity contribution in [2.75, 3.05) is 0 Å². The molecule has 0 saturated carbocycles. The highest BCUT2D eigenvalue weighted by Crippen LogP contribution is 2.42. The highest BCUT2D eigenvalue weighted by atomic mass is 14.9. The van der Waals surface area contributed by atoms with Crippen molar-refractivity contribution in [1.82, 2.24) is 19.9 Å². The smallest absolute Gasteiger partial charge is 0.160 e. The van der Waals surface area contributed by atoms with Gasteiger partial charge in [0.25, 0.3) is 0 Å². The van der Waals surface area contributed by atoms with Gasteiger partial charge in [-0.05, 0) is 184 Å². The van der Waals surface area contributed by atoms with Crippen LogP contribution in [0.25, 0.3) is 122 Å². The molecule has 100 heavy (non-hydrogen) atoms. The van der Waals surface area contributed by atoms with Gasteiger partial charge in [-0.1, -0.05) is 332 Å². The molecule has 0 aliphatic heterocycles. The first-order chi connectivity index (χ1) is 49.3. The van der Waals surface area contributed by atoms with Crippen LogP contribution in [0.2, 0.25) is 0 Å². The predicted molar refractivity (Wildman–Crippen MR) is 431 cm³/mol. The summed E-state index contributed by atoms with van der Waals surface area (Å²) >= 11 is 0. The zero-order valence-corrected chi connectivity index (χ0v) is 61.2. The molecule has 512 valence electrons. The van der Waals surface area contributed by atoms with Crippen LogP contribution >= 0.6 is 0 Å². The second kappa shape index (κ2) is 36.0. The second-order valence-electron chi connectivity index (χ2n) is 28.8. The molecule has 0 fully saturated rings. The number of aromatic nitrogens is 4. The van der Waals surface area contributed by atoms with E-state index in [1.165, 1.54) is 240 Å². The first kappa shape index (κ1) is 71.0. The minimum Gasteiger partial charge on any atom is -0.228 e. The number of hydrogen-bond donors (Lipinski definition) is 0. The summed E-state index contributed by atoms with van der Waals surface area (Å²) < 4.78 is 0. The molecule has 10 aromatic carbocycles. The second-order valence-corrected chi connectivity index (χ2v) is 28.8. The largest absolute Gasteiger partial charge is 0.228 e. The monoisotopic (exact) mass is 1320 g/mol. The van der Waals surface area contributed by atoms with Gasteiger partial charge >= 0.3 is 0 Å². The summed E-state index contributed by atoms with van der Waals surface area (Å²) in [4.78, 5) is 22.4. The molecule has 0 saturated heterocycles. The lowest BCUT2D eigenvalue weighted by Gasteiger charge is -2.20. The van der Waals surface area contributed by atoms with Gasteiger partial charge in [0.1, 0.15) is 0 Å². The van der Waals surface area contributed by atoms with Crippen molar-refractivity contribution >= 4 is 32.3 Å². The predicted octanol–water partition coefficient (Wildman–Crippen LogP) is 28.3.